The molecular formula is C18H21N3O3S. The monoisotopic (exact) mass is 359 g/mol. The molecule has 1 amide bonds. The lowest BCUT2D eigenvalue weighted by Gasteiger charge is -2.10. The number of hydrogen-bond acceptors (Lipinski definition) is 5. The highest BCUT2D eigenvalue weighted by atomic mass is 32.1. The summed E-state index contributed by atoms with van der Waals surface area (Å²) < 4.78 is 10.7. The summed E-state index contributed by atoms with van der Waals surface area (Å²) in [4.78, 5) is 16.2. The first-order chi connectivity index (χ1) is 12.2. The average molecular weight is 359 g/mol. The van der Waals surface area contributed by atoms with Crippen molar-refractivity contribution >= 4 is 23.2 Å². The molecule has 2 aromatic rings. The molecule has 0 bridgehead atoms. The number of hydrogen-bond donors (Lipinski definition) is 2. The maximum absolute atomic E-state index is 12.2. The van der Waals surface area contributed by atoms with E-state index in [1.165, 1.54) is 0 Å². The maximum Gasteiger partial charge on any atom is 0.257 e. The Bertz CT molecular complexity index is 678. The van der Waals surface area contributed by atoms with Crippen molar-refractivity contribution in [3.8, 4) is 5.75 Å². The number of aromatic nitrogens is 1. The molecule has 0 spiro atoms. The first kappa shape index (κ1) is 18.8. The normalized spacial score (nSPS) is 10.1. The van der Waals surface area contributed by atoms with E-state index in [0.717, 1.165) is 5.56 Å². The minimum absolute atomic E-state index is 0.269. The molecule has 0 unspecified atom stereocenters. The van der Waals surface area contributed by atoms with Crippen LogP contribution >= 0.6 is 12.2 Å². The minimum Gasteiger partial charge on any atom is -0.491 e. The zero-order valence-electron chi connectivity index (χ0n) is 14.0. The molecule has 25 heavy (non-hydrogen) atoms. The Morgan fingerprint density at radius 3 is 2.68 bits per heavy atom. The highest BCUT2D eigenvalue weighted by molar-refractivity contribution is 7.80. The molecule has 132 valence electrons. The maximum atomic E-state index is 12.2. The SMILES string of the molecule is CCOCCOc1ccc(C(=O)NC(=S)NCc2cccnc2)cc1. The summed E-state index contributed by atoms with van der Waals surface area (Å²) in [6.07, 6.45) is 3.44. The molecule has 0 saturated carbocycles. The molecule has 0 aliphatic heterocycles. The molecule has 7 heteroatoms. The Hall–Kier alpha value is -2.51. The fourth-order valence-electron chi connectivity index (χ4n) is 1.97. The average Bonchev–Trinajstić information content (AvgIpc) is 2.65. The minimum atomic E-state index is -0.274. The molecule has 1 aromatic carbocycles. The van der Waals surface area contributed by atoms with Gasteiger partial charge in [0, 0.05) is 31.1 Å². The van der Waals surface area contributed by atoms with Crippen LogP contribution in [-0.2, 0) is 11.3 Å². The number of ether oxygens (including phenoxy) is 2. The van der Waals surface area contributed by atoms with E-state index in [4.69, 9.17) is 21.7 Å². The van der Waals surface area contributed by atoms with Crippen molar-refractivity contribution in [2.75, 3.05) is 19.8 Å². The van der Waals surface area contributed by atoms with Gasteiger partial charge in [0.15, 0.2) is 5.11 Å². The zero-order valence-corrected chi connectivity index (χ0v) is 14.8. The van der Waals surface area contributed by atoms with Crippen LogP contribution in [-0.4, -0.2) is 35.8 Å². The van der Waals surface area contributed by atoms with Gasteiger partial charge in [-0.3, -0.25) is 15.1 Å². The largest absolute Gasteiger partial charge is 0.491 e. The Kier molecular flexibility index (Phi) is 7.81. The van der Waals surface area contributed by atoms with Crippen molar-refractivity contribution in [1.29, 1.82) is 0 Å². The summed E-state index contributed by atoms with van der Waals surface area (Å²) in [5.74, 6) is 0.415. The first-order valence-corrected chi connectivity index (χ1v) is 8.38. The van der Waals surface area contributed by atoms with Crippen LogP contribution < -0.4 is 15.4 Å². The molecule has 6 nitrogen and oxygen atoms in total. The third-order valence-corrected chi connectivity index (χ3v) is 3.47. The summed E-state index contributed by atoms with van der Waals surface area (Å²) >= 11 is 5.14. The number of nitrogens with one attached hydrogen (secondary N) is 2. The number of amides is 1. The lowest BCUT2D eigenvalue weighted by molar-refractivity contribution is 0.0976. The van der Waals surface area contributed by atoms with Gasteiger partial charge in [-0.2, -0.15) is 0 Å². The van der Waals surface area contributed by atoms with Gasteiger partial charge in [0.1, 0.15) is 12.4 Å². The van der Waals surface area contributed by atoms with Crippen LogP contribution in [0.25, 0.3) is 0 Å². The summed E-state index contributed by atoms with van der Waals surface area (Å²) in [6, 6.07) is 10.6. The number of rotatable bonds is 8. The van der Waals surface area contributed by atoms with E-state index in [0.29, 0.717) is 37.7 Å². The standard InChI is InChI=1S/C18H21N3O3S/c1-2-23-10-11-24-16-7-5-15(6-8-16)17(22)21-18(25)20-13-14-4-3-9-19-12-14/h3-9,12H,2,10-11,13H2,1H3,(H2,20,21,22,25). The van der Waals surface area contributed by atoms with Gasteiger partial charge in [-0.05, 0) is 55.0 Å². The van der Waals surface area contributed by atoms with Crippen LogP contribution in [0.2, 0.25) is 0 Å². The zero-order chi connectivity index (χ0) is 17.9. The molecule has 0 aliphatic carbocycles. The molecule has 2 N–H and O–H groups in total. The molecule has 2 rings (SSSR count). The fraction of sp³-hybridized carbons (Fsp3) is 0.278. The van der Waals surface area contributed by atoms with Gasteiger partial charge < -0.3 is 14.8 Å². The van der Waals surface area contributed by atoms with Gasteiger partial charge in [-0.1, -0.05) is 6.07 Å². The van der Waals surface area contributed by atoms with Crippen LogP contribution in [0.15, 0.2) is 48.8 Å². The van der Waals surface area contributed by atoms with Crippen LogP contribution in [0, 0.1) is 0 Å². The van der Waals surface area contributed by atoms with Gasteiger partial charge in [-0.25, -0.2) is 0 Å². The van der Waals surface area contributed by atoms with E-state index in [-0.39, 0.29) is 11.0 Å². The van der Waals surface area contributed by atoms with Gasteiger partial charge >= 0.3 is 0 Å². The molecule has 0 aliphatic rings. The van der Waals surface area contributed by atoms with Crippen molar-refractivity contribution < 1.29 is 14.3 Å². The highest BCUT2D eigenvalue weighted by Crippen LogP contribution is 2.12. The lowest BCUT2D eigenvalue weighted by atomic mass is 10.2. The van der Waals surface area contributed by atoms with Crippen LogP contribution in [0.3, 0.4) is 0 Å². The van der Waals surface area contributed by atoms with Gasteiger partial charge in [0.05, 0.1) is 6.61 Å². The van der Waals surface area contributed by atoms with Crippen LogP contribution in [0.4, 0.5) is 0 Å². The van der Waals surface area contributed by atoms with E-state index in [2.05, 4.69) is 15.6 Å². The predicted octanol–water partition coefficient (Wildman–Crippen LogP) is 2.30. The number of carbonyl (C=O) groups excluding carboxylic acids is 1. The topological polar surface area (TPSA) is 72.5 Å². The molecular weight excluding hydrogens is 338 g/mol. The Labute approximate surface area is 152 Å². The van der Waals surface area contributed by atoms with Crippen molar-refractivity contribution in [1.82, 2.24) is 15.6 Å². The lowest BCUT2D eigenvalue weighted by Crippen LogP contribution is -2.38. The predicted molar refractivity (Wildman–Crippen MR) is 99.6 cm³/mol. The third-order valence-electron chi connectivity index (χ3n) is 3.22. The highest BCUT2D eigenvalue weighted by Gasteiger charge is 2.08. The van der Waals surface area contributed by atoms with Crippen molar-refractivity contribution in [3.63, 3.8) is 0 Å². The van der Waals surface area contributed by atoms with Crippen molar-refractivity contribution in [2.24, 2.45) is 0 Å². The third kappa shape index (κ3) is 6.86. The van der Waals surface area contributed by atoms with E-state index in [1.54, 1.807) is 36.7 Å². The van der Waals surface area contributed by atoms with Crippen molar-refractivity contribution in [3.05, 3.63) is 59.9 Å². The second kappa shape index (κ2) is 10.4. The second-order valence-electron chi connectivity index (χ2n) is 5.07. The van der Waals surface area contributed by atoms with E-state index in [1.807, 2.05) is 19.1 Å². The molecule has 0 fully saturated rings. The Balaban J connectivity index is 1.76. The van der Waals surface area contributed by atoms with Gasteiger partial charge in [0.2, 0.25) is 0 Å². The summed E-state index contributed by atoms with van der Waals surface area (Å²) in [5, 5.41) is 5.89. The summed E-state index contributed by atoms with van der Waals surface area (Å²) in [5.41, 5.74) is 1.48. The summed E-state index contributed by atoms with van der Waals surface area (Å²) in [7, 11) is 0. The van der Waals surface area contributed by atoms with Gasteiger partial charge in [-0.15, -0.1) is 0 Å². The first-order valence-electron chi connectivity index (χ1n) is 7.97. The molecule has 0 atom stereocenters. The number of benzene rings is 1. The summed E-state index contributed by atoms with van der Waals surface area (Å²) in [6.45, 7) is 4.11. The smallest absolute Gasteiger partial charge is 0.257 e. The number of nitrogens with zero attached hydrogens (tertiary/aromatic N) is 1. The van der Waals surface area contributed by atoms with Crippen LogP contribution in [0.5, 0.6) is 5.75 Å². The number of pyridine rings is 1. The Morgan fingerprint density at radius 1 is 1.20 bits per heavy atom. The van der Waals surface area contributed by atoms with Gasteiger partial charge in [0.25, 0.3) is 5.91 Å². The number of carbonyl (C=O) groups is 1. The Morgan fingerprint density at radius 2 is 2.00 bits per heavy atom. The van der Waals surface area contributed by atoms with E-state index in [9.17, 15) is 4.79 Å². The van der Waals surface area contributed by atoms with E-state index >= 15 is 0 Å². The van der Waals surface area contributed by atoms with E-state index < -0.39 is 0 Å². The fourth-order valence-corrected chi connectivity index (χ4v) is 2.13. The molecule has 0 saturated heterocycles. The second-order valence-corrected chi connectivity index (χ2v) is 5.48. The van der Waals surface area contributed by atoms with Crippen molar-refractivity contribution in [2.45, 2.75) is 13.5 Å². The quantitative estimate of drug-likeness (QED) is 0.557. The number of thiocarbonyl (C=S) groups is 1. The molecule has 0 radical (unpaired) electrons. The molecule has 1 aromatic heterocycles. The van der Waals surface area contributed by atoms with Crippen LogP contribution in [0.1, 0.15) is 22.8 Å². The molecule has 1 heterocycles.